The number of amides is 2. The Morgan fingerprint density at radius 1 is 1.04 bits per heavy atom. The minimum Gasteiger partial charge on any atom is -0.348 e. The molecule has 0 radical (unpaired) electrons. The molecule has 0 aliphatic rings. The minimum absolute atomic E-state index is 0.111. The lowest BCUT2D eigenvalue weighted by Gasteiger charge is -2.18. The Labute approximate surface area is 136 Å². The number of aromatic nitrogens is 1. The van der Waals surface area contributed by atoms with E-state index in [9.17, 15) is 9.59 Å². The van der Waals surface area contributed by atoms with Gasteiger partial charge in [-0.1, -0.05) is 30.3 Å². The molecule has 0 aliphatic heterocycles. The van der Waals surface area contributed by atoms with E-state index in [4.69, 9.17) is 0 Å². The summed E-state index contributed by atoms with van der Waals surface area (Å²) in [5, 5.41) is 2.83. The first-order valence-electron chi connectivity index (χ1n) is 7.72. The fourth-order valence-corrected chi connectivity index (χ4v) is 2.25. The van der Waals surface area contributed by atoms with Gasteiger partial charge in [0.25, 0.3) is 11.8 Å². The van der Waals surface area contributed by atoms with E-state index in [0.29, 0.717) is 30.8 Å². The van der Waals surface area contributed by atoms with Crippen LogP contribution in [0.5, 0.6) is 0 Å². The maximum absolute atomic E-state index is 12.3. The van der Waals surface area contributed by atoms with Crippen molar-refractivity contribution in [2.24, 2.45) is 0 Å². The Hall–Kier alpha value is -2.69. The molecule has 0 atom stereocenters. The van der Waals surface area contributed by atoms with Crippen LogP contribution in [0.25, 0.3) is 0 Å². The normalized spacial score (nSPS) is 10.2. The Kier molecular flexibility index (Phi) is 5.86. The van der Waals surface area contributed by atoms with Crippen molar-refractivity contribution in [3.63, 3.8) is 0 Å². The molecule has 0 fully saturated rings. The highest BCUT2D eigenvalue weighted by molar-refractivity contribution is 5.99. The minimum atomic E-state index is -0.240. The van der Waals surface area contributed by atoms with Crippen LogP contribution in [0.2, 0.25) is 0 Å². The molecule has 0 aliphatic carbocycles. The van der Waals surface area contributed by atoms with Crippen LogP contribution in [0.3, 0.4) is 0 Å². The van der Waals surface area contributed by atoms with E-state index in [-0.39, 0.29) is 11.8 Å². The Balaban J connectivity index is 2.06. The standard InChI is InChI=1S/C18H21N3O2/c1-3-21(4-2)18(23)16-10-15(12-19-13-16)17(22)20-11-14-8-6-5-7-9-14/h5-10,12-13H,3-4,11H2,1-2H3,(H,20,22). The molecule has 5 heteroatoms. The number of rotatable bonds is 6. The number of hydrogen-bond donors (Lipinski definition) is 1. The number of carbonyl (C=O) groups is 2. The van der Waals surface area contributed by atoms with Crippen molar-refractivity contribution in [3.05, 3.63) is 65.5 Å². The van der Waals surface area contributed by atoms with Gasteiger partial charge in [-0.2, -0.15) is 0 Å². The molecule has 0 saturated heterocycles. The zero-order valence-electron chi connectivity index (χ0n) is 13.5. The summed E-state index contributed by atoms with van der Waals surface area (Å²) in [6.45, 7) is 5.53. The molecule has 1 heterocycles. The van der Waals surface area contributed by atoms with Gasteiger partial charge in [-0.15, -0.1) is 0 Å². The maximum atomic E-state index is 12.3. The molecule has 1 aromatic carbocycles. The summed E-state index contributed by atoms with van der Waals surface area (Å²) in [6.07, 6.45) is 2.97. The summed E-state index contributed by atoms with van der Waals surface area (Å²) in [5.74, 6) is -0.351. The lowest BCUT2D eigenvalue weighted by atomic mass is 10.1. The average molecular weight is 311 g/mol. The summed E-state index contributed by atoms with van der Waals surface area (Å²) < 4.78 is 0. The van der Waals surface area contributed by atoms with E-state index < -0.39 is 0 Å². The smallest absolute Gasteiger partial charge is 0.255 e. The van der Waals surface area contributed by atoms with Crippen LogP contribution in [0.15, 0.2) is 48.8 Å². The van der Waals surface area contributed by atoms with Gasteiger partial charge in [0.05, 0.1) is 11.1 Å². The third kappa shape index (κ3) is 4.39. The molecule has 0 bridgehead atoms. The van der Waals surface area contributed by atoms with Crippen molar-refractivity contribution in [3.8, 4) is 0 Å². The molecule has 2 amide bonds. The molecular weight excluding hydrogens is 290 g/mol. The number of pyridine rings is 1. The molecule has 0 saturated carbocycles. The summed E-state index contributed by atoms with van der Waals surface area (Å²) in [7, 11) is 0. The number of nitrogens with one attached hydrogen (secondary N) is 1. The second-order valence-corrected chi connectivity index (χ2v) is 5.11. The first-order chi connectivity index (χ1) is 11.2. The Morgan fingerprint density at radius 2 is 1.70 bits per heavy atom. The fraction of sp³-hybridized carbons (Fsp3) is 0.278. The van der Waals surface area contributed by atoms with Crippen LogP contribution in [-0.2, 0) is 6.54 Å². The van der Waals surface area contributed by atoms with Crippen LogP contribution >= 0.6 is 0 Å². The van der Waals surface area contributed by atoms with Crippen molar-refractivity contribution in [2.45, 2.75) is 20.4 Å². The van der Waals surface area contributed by atoms with Crippen LogP contribution in [0.1, 0.15) is 40.1 Å². The van der Waals surface area contributed by atoms with Gasteiger partial charge in [0, 0.05) is 32.0 Å². The average Bonchev–Trinajstić information content (AvgIpc) is 2.61. The lowest BCUT2D eigenvalue weighted by molar-refractivity contribution is 0.0772. The van der Waals surface area contributed by atoms with Gasteiger partial charge < -0.3 is 10.2 Å². The van der Waals surface area contributed by atoms with Gasteiger partial charge >= 0.3 is 0 Å². The van der Waals surface area contributed by atoms with E-state index in [1.807, 2.05) is 44.2 Å². The lowest BCUT2D eigenvalue weighted by Crippen LogP contribution is -2.31. The summed E-state index contributed by atoms with van der Waals surface area (Å²) in [6, 6.07) is 11.3. The molecule has 1 N–H and O–H groups in total. The summed E-state index contributed by atoms with van der Waals surface area (Å²) >= 11 is 0. The van der Waals surface area contributed by atoms with Gasteiger partial charge in [0.1, 0.15) is 0 Å². The monoisotopic (exact) mass is 311 g/mol. The zero-order chi connectivity index (χ0) is 16.7. The van der Waals surface area contributed by atoms with Gasteiger partial charge in [0.2, 0.25) is 0 Å². The van der Waals surface area contributed by atoms with Crippen molar-refractivity contribution in [1.82, 2.24) is 15.2 Å². The molecule has 120 valence electrons. The van der Waals surface area contributed by atoms with E-state index in [2.05, 4.69) is 10.3 Å². The highest BCUT2D eigenvalue weighted by atomic mass is 16.2. The zero-order valence-corrected chi connectivity index (χ0v) is 13.5. The van der Waals surface area contributed by atoms with E-state index in [1.54, 1.807) is 11.0 Å². The summed E-state index contributed by atoms with van der Waals surface area (Å²) in [5.41, 5.74) is 1.84. The van der Waals surface area contributed by atoms with Gasteiger partial charge in [-0.05, 0) is 25.5 Å². The third-order valence-electron chi connectivity index (χ3n) is 3.59. The molecule has 5 nitrogen and oxygen atoms in total. The van der Waals surface area contributed by atoms with Crippen LogP contribution in [0.4, 0.5) is 0 Å². The van der Waals surface area contributed by atoms with Gasteiger partial charge in [-0.25, -0.2) is 0 Å². The first-order valence-corrected chi connectivity index (χ1v) is 7.72. The molecular formula is C18H21N3O2. The van der Waals surface area contributed by atoms with E-state index in [0.717, 1.165) is 5.56 Å². The largest absolute Gasteiger partial charge is 0.348 e. The molecule has 0 spiro atoms. The first kappa shape index (κ1) is 16.7. The molecule has 2 aromatic rings. The molecule has 23 heavy (non-hydrogen) atoms. The highest BCUT2D eigenvalue weighted by Crippen LogP contribution is 2.07. The van der Waals surface area contributed by atoms with Crippen molar-refractivity contribution in [2.75, 3.05) is 13.1 Å². The second-order valence-electron chi connectivity index (χ2n) is 5.11. The van der Waals surface area contributed by atoms with Crippen molar-refractivity contribution < 1.29 is 9.59 Å². The van der Waals surface area contributed by atoms with Crippen molar-refractivity contribution >= 4 is 11.8 Å². The third-order valence-corrected chi connectivity index (χ3v) is 3.59. The van der Waals surface area contributed by atoms with Gasteiger partial charge in [0.15, 0.2) is 0 Å². The fourth-order valence-electron chi connectivity index (χ4n) is 2.25. The van der Waals surface area contributed by atoms with Crippen LogP contribution in [0, 0.1) is 0 Å². The van der Waals surface area contributed by atoms with E-state index in [1.165, 1.54) is 12.4 Å². The van der Waals surface area contributed by atoms with Crippen LogP contribution < -0.4 is 5.32 Å². The Morgan fingerprint density at radius 3 is 2.35 bits per heavy atom. The van der Waals surface area contributed by atoms with E-state index >= 15 is 0 Å². The summed E-state index contributed by atoms with van der Waals surface area (Å²) in [4.78, 5) is 30.3. The molecule has 2 rings (SSSR count). The highest BCUT2D eigenvalue weighted by Gasteiger charge is 2.15. The predicted molar refractivity (Wildman–Crippen MR) is 89.1 cm³/mol. The number of benzene rings is 1. The molecule has 0 unspecified atom stereocenters. The molecule has 1 aromatic heterocycles. The maximum Gasteiger partial charge on any atom is 0.255 e. The SMILES string of the molecule is CCN(CC)C(=O)c1cncc(C(=O)NCc2ccccc2)c1. The van der Waals surface area contributed by atoms with Crippen molar-refractivity contribution in [1.29, 1.82) is 0 Å². The number of nitrogens with zero attached hydrogens (tertiary/aromatic N) is 2. The van der Waals surface area contributed by atoms with Gasteiger partial charge in [-0.3, -0.25) is 14.6 Å². The van der Waals surface area contributed by atoms with Crippen LogP contribution in [-0.4, -0.2) is 34.8 Å². The Bertz CT molecular complexity index is 667. The quantitative estimate of drug-likeness (QED) is 0.891. The topological polar surface area (TPSA) is 62.3 Å². The second kappa shape index (κ2) is 8.08. The number of hydrogen-bond acceptors (Lipinski definition) is 3. The number of carbonyl (C=O) groups excluding carboxylic acids is 2. The predicted octanol–water partition coefficient (Wildman–Crippen LogP) is 2.49.